The van der Waals surface area contributed by atoms with Gasteiger partial charge in [0.25, 0.3) is 0 Å². The minimum Gasteiger partial charge on any atom is -0.352 e. The fourth-order valence-corrected chi connectivity index (χ4v) is 3.02. The maximum absolute atomic E-state index is 13.6. The number of carbonyl (C=O) groups is 2. The molecule has 2 atom stereocenters. The monoisotopic (exact) mass is 368 g/mol. The molecular weight excluding hydrogens is 343 g/mol. The Morgan fingerprint density at radius 1 is 1.00 bits per heavy atom. The quantitative estimate of drug-likeness (QED) is 0.838. The molecule has 0 bridgehead atoms. The summed E-state index contributed by atoms with van der Waals surface area (Å²) in [4.78, 5) is 24.5. The average molecular weight is 368 g/mol. The largest absolute Gasteiger partial charge is 0.352 e. The Labute approximate surface area is 159 Å². The topological polar surface area (TPSA) is 58.2 Å². The molecule has 0 aromatic heterocycles. The average Bonchev–Trinajstić information content (AvgIpc) is 3.41. The molecule has 0 spiro atoms. The summed E-state index contributed by atoms with van der Waals surface area (Å²) in [6.07, 6.45) is 0.523. The first-order chi connectivity index (χ1) is 12.8. The van der Waals surface area contributed by atoms with Gasteiger partial charge in [0.1, 0.15) is 5.82 Å². The van der Waals surface area contributed by atoms with Gasteiger partial charge in [-0.15, -0.1) is 0 Å². The highest BCUT2D eigenvalue weighted by Gasteiger charge is 2.47. The van der Waals surface area contributed by atoms with Crippen LogP contribution < -0.4 is 10.6 Å². The summed E-state index contributed by atoms with van der Waals surface area (Å²) in [6, 6.07) is 14.1. The molecule has 0 aliphatic heterocycles. The highest BCUT2D eigenvalue weighted by Crippen LogP contribution is 2.39. The van der Waals surface area contributed by atoms with Gasteiger partial charge in [-0.3, -0.25) is 9.59 Å². The van der Waals surface area contributed by atoms with Gasteiger partial charge in [-0.05, 0) is 35.6 Å². The standard InChI is InChI=1S/C22H25FN2O2/c1-22(2,3)15-8-10-16(11-9-15)25-21(27)18-12-17(18)20(26)24-13-14-6-4-5-7-19(14)23/h4-11,17-18H,12-13H2,1-3H3,(H,24,26)(H,25,27). The lowest BCUT2D eigenvalue weighted by Crippen LogP contribution is -2.27. The molecule has 1 aliphatic rings. The van der Waals surface area contributed by atoms with Crippen LogP contribution in [0.4, 0.5) is 10.1 Å². The van der Waals surface area contributed by atoms with E-state index in [0.29, 0.717) is 12.0 Å². The second-order valence-electron chi connectivity index (χ2n) is 8.07. The van der Waals surface area contributed by atoms with E-state index in [0.717, 1.165) is 5.69 Å². The molecule has 27 heavy (non-hydrogen) atoms. The van der Waals surface area contributed by atoms with Crippen LogP contribution in [0.3, 0.4) is 0 Å². The molecule has 2 N–H and O–H groups in total. The zero-order chi connectivity index (χ0) is 19.6. The van der Waals surface area contributed by atoms with E-state index in [1.165, 1.54) is 11.6 Å². The van der Waals surface area contributed by atoms with Crippen molar-refractivity contribution in [2.24, 2.45) is 11.8 Å². The molecule has 2 aromatic carbocycles. The molecular formula is C22H25FN2O2. The van der Waals surface area contributed by atoms with Gasteiger partial charge in [-0.2, -0.15) is 0 Å². The maximum Gasteiger partial charge on any atom is 0.228 e. The second kappa shape index (κ2) is 7.51. The Kier molecular flexibility index (Phi) is 5.31. The fraction of sp³-hybridized carbons (Fsp3) is 0.364. The summed E-state index contributed by atoms with van der Waals surface area (Å²) in [7, 11) is 0. The third-order valence-electron chi connectivity index (χ3n) is 4.89. The van der Waals surface area contributed by atoms with Crippen molar-refractivity contribution in [3.8, 4) is 0 Å². The molecule has 2 amide bonds. The van der Waals surface area contributed by atoms with Gasteiger partial charge in [-0.25, -0.2) is 4.39 Å². The Morgan fingerprint density at radius 3 is 2.26 bits per heavy atom. The molecule has 0 saturated heterocycles. The van der Waals surface area contributed by atoms with Crippen molar-refractivity contribution in [3.05, 3.63) is 65.5 Å². The lowest BCUT2D eigenvalue weighted by molar-refractivity contribution is -0.125. The molecule has 3 rings (SSSR count). The molecule has 5 heteroatoms. The Balaban J connectivity index is 1.50. The van der Waals surface area contributed by atoms with E-state index in [1.807, 2.05) is 24.3 Å². The highest BCUT2D eigenvalue weighted by molar-refractivity contribution is 5.99. The van der Waals surface area contributed by atoms with Crippen LogP contribution >= 0.6 is 0 Å². The van der Waals surface area contributed by atoms with Crippen molar-refractivity contribution >= 4 is 17.5 Å². The van der Waals surface area contributed by atoms with Crippen LogP contribution in [-0.4, -0.2) is 11.8 Å². The summed E-state index contributed by atoms with van der Waals surface area (Å²) < 4.78 is 13.6. The van der Waals surface area contributed by atoms with Crippen LogP contribution in [0.25, 0.3) is 0 Å². The first kappa shape index (κ1) is 19.1. The summed E-state index contributed by atoms with van der Waals surface area (Å²) in [5, 5.41) is 5.59. The predicted octanol–water partition coefficient (Wildman–Crippen LogP) is 4.01. The number of nitrogens with one attached hydrogen (secondary N) is 2. The molecule has 2 aromatic rings. The zero-order valence-electron chi connectivity index (χ0n) is 15.9. The second-order valence-corrected chi connectivity index (χ2v) is 8.07. The Hall–Kier alpha value is -2.69. The fourth-order valence-electron chi connectivity index (χ4n) is 3.02. The van der Waals surface area contributed by atoms with Gasteiger partial charge >= 0.3 is 0 Å². The summed E-state index contributed by atoms with van der Waals surface area (Å²) in [6.45, 7) is 6.53. The van der Waals surface area contributed by atoms with E-state index in [1.54, 1.807) is 18.2 Å². The smallest absolute Gasteiger partial charge is 0.228 e. The van der Waals surface area contributed by atoms with E-state index in [2.05, 4.69) is 31.4 Å². The van der Waals surface area contributed by atoms with E-state index in [-0.39, 0.29) is 41.4 Å². The summed E-state index contributed by atoms with van der Waals surface area (Å²) in [5.74, 6) is -1.37. The predicted molar refractivity (Wildman–Crippen MR) is 104 cm³/mol. The molecule has 0 heterocycles. The summed E-state index contributed by atoms with van der Waals surface area (Å²) in [5.41, 5.74) is 2.41. The number of hydrogen-bond donors (Lipinski definition) is 2. The molecule has 142 valence electrons. The first-order valence-corrected chi connectivity index (χ1v) is 9.18. The molecule has 1 aliphatic carbocycles. The van der Waals surface area contributed by atoms with Crippen LogP contribution in [0.5, 0.6) is 0 Å². The van der Waals surface area contributed by atoms with E-state index in [9.17, 15) is 14.0 Å². The highest BCUT2D eigenvalue weighted by atomic mass is 19.1. The van der Waals surface area contributed by atoms with Gasteiger partial charge in [0, 0.05) is 17.8 Å². The van der Waals surface area contributed by atoms with Crippen LogP contribution in [0, 0.1) is 17.7 Å². The normalized spacial score (nSPS) is 18.7. The lowest BCUT2D eigenvalue weighted by atomic mass is 9.87. The van der Waals surface area contributed by atoms with Crippen LogP contribution in [-0.2, 0) is 21.5 Å². The van der Waals surface area contributed by atoms with Gasteiger partial charge < -0.3 is 10.6 Å². The third-order valence-corrected chi connectivity index (χ3v) is 4.89. The van der Waals surface area contributed by atoms with Crippen molar-refractivity contribution in [2.45, 2.75) is 39.2 Å². The van der Waals surface area contributed by atoms with Crippen LogP contribution in [0.1, 0.15) is 38.3 Å². The minimum absolute atomic E-state index is 0.0560. The number of halogens is 1. The molecule has 1 saturated carbocycles. The summed E-state index contributed by atoms with van der Waals surface area (Å²) >= 11 is 0. The number of amides is 2. The van der Waals surface area contributed by atoms with Gasteiger partial charge in [0.05, 0.1) is 11.8 Å². The van der Waals surface area contributed by atoms with Crippen molar-refractivity contribution in [2.75, 3.05) is 5.32 Å². The SMILES string of the molecule is CC(C)(C)c1ccc(NC(=O)C2CC2C(=O)NCc2ccccc2F)cc1. The van der Waals surface area contributed by atoms with Gasteiger partial charge in [0.15, 0.2) is 0 Å². The number of anilines is 1. The van der Waals surface area contributed by atoms with Crippen molar-refractivity contribution in [1.29, 1.82) is 0 Å². The Morgan fingerprint density at radius 2 is 1.63 bits per heavy atom. The number of carbonyl (C=O) groups excluding carboxylic acids is 2. The van der Waals surface area contributed by atoms with Crippen LogP contribution in [0.2, 0.25) is 0 Å². The number of hydrogen-bond acceptors (Lipinski definition) is 2. The first-order valence-electron chi connectivity index (χ1n) is 9.18. The number of rotatable bonds is 5. The van der Waals surface area contributed by atoms with Crippen molar-refractivity contribution in [1.82, 2.24) is 5.32 Å². The number of benzene rings is 2. The molecule has 1 fully saturated rings. The molecule has 4 nitrogen and oxygen atoms in total. The van der Waals surface area contributed by atoms with Crippen LogP contribution in [0.15, 0.2) is 48.5 Å². The Bertz CT molecular complexity index is 840. The maximum atomic E-state index is 13.6. The van der Waals surface area contributed by atoms with E-state index in [4.69, 9.17) is 0 Å². The van der Waals surface area contributed by atoms with Gasteiger partial charge in [-0.1, -0.05) is 51.1 Å². The van der Waals surface area contributed by atoms with Gasteiger partial charge in [0.2, 0.25) is 11.8 Å². The molecule has 0 radical (unpaired) electrons. The van der Waals surface area contributed by atoms with Crippen molar-refractivity contribution < 1.29 is 14.0 Å². The molecule has 2 unspecified atom stereocenters. The van der Waals surface area contributed by atoms with E-state index >= 15 is 0 Å². The van der Waals surface area contributed by atoms with E-state index < -0.39 is 0 Å². The minimum atomic E-state index is -0.346. The zero-order valence-corrected chi connectivity index (χ0v) is 15.9. The lowest BCUT2D eigenvalue weighted by Gasteiger charge is -2.19. The van der Waals surface area contributed by atoms with Crippen molar-refractivity contribution in [3.63, 3.8) is 0 Å². The third kappa shape index (κ3) is 4.73.